The molecule has 1 aromatic carbocycles. The summed E-state index contributed by atoms with van der Waals surface area (Å²) in [6.07, 6.45) is 2.47. The van der Waals surface area contributed by atoms with E-state index in [2.05, 4.69) is 9.40 Å². The van der Waals surface area contributed by atoms with Crippen molar-refractivity contribution in [3.05, 3.63) is 47.1 Å². The van der Waals surface area contributed by atoms with Crippen molar-refractivity contribution in [2.75, 3.05) is 6.54 Å². The van der Waals surface area contributed by atoms with Crippen molar-refractivity contribution in [2.45, 2.75) is 43.1 Å². The number of hydrogen-bond acceptors (Lipinski definition) is 7. The molecule has 4 rings (SSSR count). The Kier molecular flexibility index (Phi) is 6.76. The zero-order valence-corrected chi connectivity index (χ0v) is 19.4. The monoisotopic (exact) mass is 476 g/mol. The van der Waals surface area contributed by atoms with E-state index in [0.717, 1.165) is 40.9 Å². The van der Waals surface area contributed by atoms with E-state index in [-0.39, 0.29) is 17.2 Å². The molecular formula is C21H21ClN4O3S2. The standard InChI is InChI=1S/C21H21ClN4O3S2/c1-13(2)26-19(27)17(30-21(26)28)12-14-8-9-18(29-14)31-20-24-15-6-3-4-7-16(15)25(20)11-5-10-23-22/h3-4,6-9,12-13,23H,5,10-11H2,1-2H3/b17-12-. The van der Waals surface area contributed by atoms with Crippen LogP contribution in [0.1, 0.15) is 26.0 Å². The number of amides is 2. The van der Waals surface area contributed by atoms with Gasteiger partial charge in [0, 0.05) is 25.2 Å². The smallest absolute Gasteiger partial charge is 0.293 e. The molecule has 7 nitrogen and oxygen atoms in total. The van der Waals surface area contributed by atoms with Crippen molar-refractivity contribution in [3.8, 4) is 0 Å². The Hall–Kier alpha value is -2.20. The first-order chi connectivity index (χ1) is 15.0. The Morgan fingerprint density at radius 3 is 2.81 bits per heavy atom. The number of nitrogens with one attached hydrogen (secondary N) is 1. The number of furan rings is 1. The van der Waals surface area contributed by atoms with E-state index >= 15 is 0 Å². The second-order valence-electron chi connectivity index (χ2n) is 7.18. The van der Waals surface area contributed by atoms with Crippen molar-refractivity contribution in [1.82, 2.24) is 19.3 Å². The van der Waals surface area contributed by atoms with E-state index in [1.807, 2.05) is 44.2 Å². The van der Waals surface area contributed by atoms with Crippen molar-refractivity contribution >= 4 is 63.6 Å². The summed E-state index contributed by atoms with van der Waals surface area (Å²) < 4.78 is 8.05. The molecule has 0 aliphatic carbocycles. The van der Waals surface area contributed by atoms with E-state index in [4.69, 9.17) is 21.2 Å². The lowest BCUT2D eigenvalue weighted by molar-refractivity contribution is -0.123. The van der Waals surface area contributed by atoms with Gasteiger partial charge in [-0.05, 0) is 79.8 Å². The summed E-state index contributed by atoms with van der Waals surface area (Å²) >= 11 is 7.95. The van der Waals surface area contributed by atoms with Gasteiger partial charge in [-0.3, -0.25) is 14.5 Å². The molecule has 2 amide bonds. The summed E-state index contributed by atoms with van der Waals surface area (Å²) in [6, 6.07) is 11.4. The van der Waals surface area contributed by atoms with Crippen LogP contribution >= 0.6 is 35.3 Å². The first-order valence-corrected chi connectivity index (χ1v) is 11.8. The number of imide groups is 1. The third kappa shape index (κ3) is 4.69. The number of hydrogen-bond donors (Lipinski definition) is 1. The number of thioether (sulfide) groups is 1. The fourth-order valence-electron chi connectivity index (χ4n) is 3.26. The van der Waals surface area contributed by atoms with E-state index < -0.39 is 0 Å². The highest BCUT2D eigenvalue weighted by Crippen LogP contribution is 2.36. The van der Waals surface area contributed by atoms with Gasteiger partial charge in [-0.25, -0.2) is 9.82 Å². The molecular weight excluding hydrogens is 456 g/mol. The Morgan fingerprint density at radius 2 is 2.06 bits per heavy atom. The molecule has 1 saturated heterocycles. The molecule has 3 aromatic rings. The van der Waals surface area contributed by atoms with E-state index in [1.54, 1.807) is 12.1 Å². The summed E-state index contributed by atoms with van der Waals surface area (Å²) in [5.74, 6) is 0.232. The molecule has 0 bridgehead atoms. The first-order valence-electron chi connectivity index (χ1n) is 9.81. The predicted octanol–water partition coefficient (Wildman–Crippen LogP) is 5.36. The molecule has 0 radical (unpaired) electrons. The number of benzene rings is 1. The van der Waals surface area contributed by atoms with Crippen molar-refractivity contribution < 1.29 is 14.0 Å². The number of carbonyl (C=O) groups excluding carboxylic acids is 2. The SMILES string of the molecule is CC(C)N1C(=O)S/C(=C\c2ccc(Sc3nc4ccccc4n3CCCNCl)o2)C1=O. The zero-order chi connectivity index (χ0) is 22.0. The quantitative estimate of drug-likeness (QED) is 0.266. The van der Waals surface area contributed by atoms with Gasteiger partial charge in [-0.1, -0.05) is 12.1 Å². The maximum absolute atomic E-state index is 12.5. The Morgan fingerprint density at radius 1 is 1.26 bits per heavy atom. The number of rotatable bonds is 8. The number of fused-ring (bicyclic) bond motifs is 1. The third-order valence-electron chi connectivity index (χ3n) is 4.68. The number of nitrogens with zero attached hydrogens (tertiary/aromatic N) is 3. The average molecular weight is 477 g/mol. The Bertz CT molecular complexity index is 1150. The van der Waals surface area contributed by atoms with Gasteiger partial charge < -0.3 is 8.98 Å². The maximum Gasteiger partial charge on any atom is 0.293 e. The van der Waals surface area contributed by atoms with Gasteiger partial charge >= 0.3 is 0 Å². The number of carbonyl (C=O) groups is 2. The molecule has 1 N–H and O–H groups in total. The largest absolute Gasteiger partial charge is 0.450 e. The van der Waals surface area contributed by atoms with Crippen LogP contribution in [0.3, 0.4) is 0 Å². The van der Waals surface area contributed by atoms with Crippen LogP contribution < -0.4 is 4.84 Å². The van der Waals surface area contributed by atoms with Crippen molar-refractivity contribution in [1.29, 1.82) is 0 Å². The number of aromatic nitrogens is 2. The summed E-state index contributed by atoms with van der Waals surface area (Å²) in [5.41, 5.74) is 1.96. The van der Waals surface area contributed by atoms with Crippen LogP contribution in [-0.4, -0.2) is 38.2 Å². The minimum atomic E-state index is -0.287. The minimum absolute atomic E-state index is 0.178. The molecule has 0 unspecified atom stereocenters. The average Bonchev–Trinajstić information content (AvgIpc) is 3.39. The van der Waals surface area contributed by atoms with Crippen LogP contribution in [0.25, 0.3) is 17.1 Å². The van der Waals surface area contributed by atoms with E-state index in [0.29, 0.717) is 22.3 Å². The highest BCUT2D eigenvalue weighted by Gasteiger charge is 2.36. The van der Waals surface area contributed by atoms with Crippen LogP contribution in [0.4, 0.5) is 4.79 Å². The van der Waals surface area contributed by atoms with Gasteiger partial charge in [0.2, 0.25) is 0 Å². The fourth-order valence-corrected chi connectivity index (χ4v) is 5.23. The van der Waals surface area contributed by atoms with Gasteiger partial charge in [-0.15, -0.1) is 0 Å². The number of imidazole rings is 1. The molecule has 1 aliphatic rings. The van der Waals surface area contributed by atoms with Crippen LogP contribution in [0.5, 0.6) is 0 Å². The third-order valence-corrected chi connectivity index (χ3v) is 6.67. The van der Waals surface area contributed by atoms with Gasteiger partial charge in [0.1, 0.15) is 5.76 Å². The maximum atomic E-state index is 12.5. The molecule has 3 heterocycles. The lowest BCUT2D eigenvalue weighted by atomic mass is 10.3. The summed E-state index contributed by atoms with van der Waals surface area (Å²) in [4.78, 5) is 33.6. The normalized spacial score (nSPS) is 15.9. The lowest BCUT2D eigenvalue weighted by Crippen LogP contribution is -2.34. The summed E-state index contributed by atoms with van der Waals surface area (Å²) in [6.45, 7) is 5.08. The minimum Gasteiger partial charge on any atom is -0.450 e. The van der Waals surface area contributed by atoms with Crippen molar-refractivity contribution in [2.24, 2.45) is 0 Å². The van der Waals surface area contributed by atoms with Crippen LogP contribution in [0.15, 0.2) is 56.0 Å². The van der Waals surface area contributed by atoms with Crippen LogP contribution in [-0.2, 0) is 11.3 Å². The fraction of sp³-hybridized carbons (Fsp3) is 0.286. The van der Waals surface area contributed by atoms with Gasteiger partial charge in [0.15, 0.2) is 10.2 Å². The second kappa shape index (κ2) is 9.52. The molecule has 31 heavy (non-hydrogen) atoms. The number of halogens is 1. The Balaban J connectivity index is 1.56. The van der Waals surface area contributed by atoms with Crippen molar-refractivity contribution in [3.63, 3.8) is 0 Å². The predicted molar refractivity (Wildman–Crippen MR) is 124 cm³/mol. The highest BCUT2D eigenvalue weighted by molar-refractivity contribution is 8.18. The number of para-hydroxylation sites is 2. The van der Waals surface area contributed by atoms with Gasteiger partial charge in [-0.2, -0.15) is 0 Å². The molecule has 1 fully saturated rings. The second-order valence-corrected chi connectivity index (χ2v) is 9.41. The summed E-state index contributed by atoms with van der Waals surface area (Å²) in [5, 5.41) is 1.21. The van der Waals surface area contributed by atoms with Gasteiger partial charge in [0.25, 0.3) is 11.1 Å². The highest BCUT2D eigenvalue weighted by atomic mass is 35.5. The lowest BCUT2D eigenvalue weighted by Gasteiger charge is -2.16. The topological polar surface area (TPSA) is 80.4 Å². The molecule has 0 spiro atoms. The molecule has 10 heteroatoms. The van der Waals surface area contributed by atoms with Gasteiger partial charge in [0.05, 0.1) is 15.9 Å². The van der Waals surface area contributed by atoms with E-state index in [9.17, 15) is 9.59 Å². The molecule has 1 aliphatic heterocycles. The van der Waals surface area contributed by atoms with Crippen LogP contribution in [0.2, 0.25) is 0 Å². The molecule has 0 saturated carbocycles. The molecule has 162 valence electrons. The number of aryl methyl sites for hydroxylation is 1. The zero-order valence-electron chi connectivity index (χ0n) is 17.0. The molecule has 0 atom stereocenters. The first kappa shape index (κ1) is 22.0. The van der Waals surface area contributed by atoms with Crippen LogP contribution in [0, 0.1) is 0 Å². The summed E-state index contributed by atoms with van der Waals surface area (Å²) in [7, 11) is 0. The van der Waals surface area contributed by atoms with E-state index in [1.165, 1.54) is 16.7 Å². The molecule has 2 aromatic heterocycles. The Labute approximate surface area is 193 Å².